The molecule has 0 aliphatic heterocycles. The van der Waals surface area contributed by atoms with E-state index in [9.17, 15) is 18.0 Å². The van der Waals surface area contributed by atoms with Crippen LogP contribution in [0.25, 0.3) is 11.2 Å². The number of imidazole rings is 1. The van der Waals surface area contributed by atoms with E-state index in [1.807, 2.05) is 6.92 Å². The Morgan fingerprint density at radius 1 is 1.00 bits per heavy atom. The van der Waals surface area contributed by atoms with Gasteiger partial charge in [-0.1, -0.05) is 41.8 Å². The smallest absolute Gasteiger partial charge is 0.338 e. The number of carbonyl (C=O) groups is 2. The minimum Gasteiger partial charge on any atom is -0.459 e. The molecule has 0 saturated heterocycles. The molecule has 0 bridgehead atoms. The monoisotopic (exact) mass is 580 g/mol. The van der Waals surface area contributed by atoms with E-state index in [0.29, 0.717) is 27.6 Å². The van der Waals surface area contributed by atoms with Gasteiger partial charge in [-0.05, 0) is 81.5 Å². The van der Waals surface area contributed by atoms with Gasteiger partial charge in [0.25, 0.3) is 15.9 Å². The lowest BCUT2D eigenvalue weighted by Gasteiger charge is -2.22. The number of amides is 1. The van der Waals surface area contributed by atoms with Crippen LogP contribution >= 0.6 is 11.6 Å². The highest BCUT2D eigenvalue weighted by Gasteiger charge is 2.22. The zero-order valence-electron chi connectivity index (χ0n) is 22.2. The molecule has 208 valence electrons. The predicted octanol–water partition coefficient (Wildman–Crippen LogP) is 5.36. The third kappa shape index (κ3) is 6.03. The molecule has 2 aromatic heterocycles. The Kier molecular flexibility index (Phi) is 7.91. The van der Waals surface area contributed by atoms with Crippen molar-refractivity contribution in [3.8, 4) is 0 Å². The number of hydrogen-bond donors (Lipinski definition) is 1. The van der Waals surface area contributed by atoms with Gasteiger partial charge in [0, 0.05) is 5.02 Å². The number of fused-ring (bicyclic) bond motifs is 1. The van der Waals surface area contributed by atoms with Crippen molar-refractivity contribution < 1.29 is 22.7 Å². The number of aryl methyl sites for hydroxylation is 2. The van der Waals surface area contributed by atoms with Crippen molar-refractivity contribution in [2.45, 2.75) is 63.5 Å². The number of rotatable bonds is 7. The van der Waals surface area contributed by atoms with Gasteiger partial charge >= 0.3 is 5.97 Å². The fourth-order valence-corrected chi connectivity index (χ4v) is 5.96. The van der Waals surface area contributed by atoms with Crippen molar-refractivity contribution in [1.29, 1.82) is 0 Å². The lowest BCUT2D eigenvalue weighted by Crippen LogP contribution is -2.31. The minimum atomic E-state index is -4.07. The first-order valence-electron chi connectivity index (χ1n) is 13.1. The molecule has 2 heterocycles. The Morgan fingerprint density at radius 3 is 2.42 bits per heavy atom. The van der Waals surface area contributed by atoms with Gasteiger partial charge in [-0.15, -0.1) is 0 Å². The van der Waals surface area contributed by atoms with Crippen LogP contribution < -0.4 is 4.72 Å². The second kappa shape index (κ2) is 11.4. The first-order valence-corrected chi connectivity index (χ1v) is 14.9. The number of carbonyl (C=O) groups excluding carboxylic acids is 2. The Morgan fingerprint density at radius 2 is 1.73 bits per heavy atom. The Balaban J connectivity index is 1.35. The number of sulfonamides is 1. The van der Waals surface area contributed by atoms with Crippen LogP contribution in [0.15, 0.2) is 59.5 Å². The van der Waals surface area contributed by atoms with E-state index in [-0.39, 0.29) is 29.2 Å². The van der Waals surface area contributed by atoms with Crippen LogP contribution in [0.1, 0.15) is 69.9 Å². The summed E-state index contributed by atoms with van der Waals surface area (Å²) in [7, 11) is -4.07. The maximum absolute atomic E-state index is 12.9. The molecule has 0 atom stereocenters. The van der Waals surface area contributed by atoms with Gasteiger partial charge in [-0.2, -0.15) is 0 Å². The molecule has 9 nitrogen and oxygen atoms in total. The normalized spacial score (nSPS) is 14.3. The molecular weight excluding hydrogens is 552 g/mol. The summed E-state index contributed by atoms with van der Waals surface area (Å²) < 4.78 is 34.9. The molecule has 2 aromatic carbocycles. The minimum absolute atomic E-state index is 0.0193. The van der Waals surface area contributed by atoms with E-state index < -0.39 is 15.9 Å². The van der Waals surface area contributed by atoms with Crippen molar-refractivity contribution in [1.82, 2.24) is 19.3 Å². The van der Waals surface area contributed by atoms with Crippen molar-refractivity contribution in [2.75, 3.05) is 0 Å². The standard InChI is InChI=1S/C29H29ClN4O5S/c1-18-8-12-23(13-9-18)40(37,38)33-28(35)26-15-14-25-27(32-26)34(19(2)31-25)17-21-11-10-20(16-24(21)30)29(36)39-22-6-4-3-5-7-22/h8-16,22H,3-7,17H2,1-2H3,(H,33,35). The third-order valence-electron chi connectivity index (χ3n) is 7.02. The number of nitrogens with one attached hydrogen (secondary N) is 1. The molecule has 4 aromatic rings. The quantitative estimate of drug-likeness (QED) is 0.292. The molecule has 0 spiro atoms. The van der Waals surface area contributed by atoms with E-state index in [1.165, 1.54) is 24.6 Å². The summed E-state index contributed by atoms with van der Waals surface area (Å²) in [5.74, 6) is -0.613. The fraction of sp³-hybridized carbons (Fsp3) is 0.310. The highest BCUT2D eigenvalue weighted by atomic mass is 35.5. The Bertz CT molecular complexity index is 1690. The molecule has 5 rings (SSSR count). The Hall–Kier alpha value is -3.76. The van der Waals surface area contributed by atoms with Gasteiger partial charge in [0.15, 0.2) is 5.65 Å². The number of nitrogens with zero attached hydrogens (tertiary/aromatic N) is 3. The predicted molar refractivity (Wildman–Crippen MR) is 151 cm³/mol. The van der Waals surface area contributed by atoms with Gasteiger partial charge in [0.05, 0.1) is 17.0 Å². The highest BCUT2D eigenvalue weighted by molar-refractivity contribution is 7.90. The molecule has 1 aliphatic rings. The van der Waals surface area contributed by atoms with Gasteiger partial charge in [0.1, 0.15) is 23.1 Å². The summed E-state index contributed by atoms with van der Waals surface area (Å²) in [5, 5.41) is 0.387. The van der Waals surface area contributed by atoms with Gasteiger partial charge in [0.2, 0.25) is 0 Å². The molecule has 11 heteroatoms. The summed E-state index contributed by atoms with van der Waals surface area (Å²) in [6, 6.07) is 14.3. The topological polar surface area (TPSA) is 120 Å². The van der Waals surface area contributed by atoms with Crippen molar-refractivity contribution in [2.24, 2.45) is 0 Å². The number of hydrogen-bond acceptors (Lipinski definition) is 7. The lowest BCUT2D eigenvalue weighted by atomic mass is 9.98. The number of ether oxygens (including phenoxy) is 1. The molecule has 0 radical (unpaired) electrons. The summed E-state index contributed by atoms with van der Waals surface area (Å²) in [4.78, 5) is 34.4. The summed E-state index contributed by atoms with van der Waals surface area (Å²) in [6.45, 7) is 3.92. The zero-order chi connectivity index (χ0) is 28.4. The molecule has 1 aliphatic carbocycles. The maximum atomic E-state index is 12.9. The lowest BCUT2D eigenvalue weighted by molar-refractivity contribution is 0.0211. The van der Waals surface area contributed by atoms with Gasteiger partial charge in [-0.3, -0.25) is 4.79 Å². The third-order valence-corrected chi connectivity index (χ3v) is 8.72. The van der Waals surface area contributed by atoms with Gasteiger partial charge in [-0.25, -0.2) is 27.9 Å². The molecule has 40 heavy (non-hydrogen) atoms. The second-order valence-corrected chi connectivity index (χ2v) is 12.1. The summed E-state index contributed by atoms with van der Waals surface area (Å²) >= 11 is 6.57. The summed E-state index contributed by atoms with van der Waals surface area (Å²) in [5.41, 5.74) is 2.87. The molecular formula is C29H29ClN4O5S. The molecule has 1 amide bonds. The maximum Gasteiger partial charge on any atom is 0.338 e. The van der Waals surface area contributed by atoms with Crippen LogP contribution in [0.5, 0.6) is 0 Å². The number of benzene rings is 2. The van der Waals surface area contributed by atoms with Crippen molar-refractivity contribution in [3.05, 3.63) is 87.8 Å². The van der Waals surface area contributed by atoms with Crippen molar-refractivity contribution in [3.63, 3.8) is 0 Å². The van der Waals surface area contributed by atoms with Crippen LogP contribution in [0, 0.1) is 13.8 Å². The van der Waals surface area contributed by atoms with E-state index in [2.05, 4.69) is 14.7 Å². The zero-order valence-corrected chi connectivity index (χ0v) is 23.8. The molecule has 1 saturated carbocycles. The van der Waals surface area contributed by atoms with Crippen molar-refractivity contribution >= 4 is 44.7 Å². The number of halogens is 1. The number of esters is 1. The van der Waals surface area contributed by atoms with E-state index in [1.54, 1.807) is 47.9 Å². The second-order valence-electron chi connectivity index (χ2n) is 10.0. The first-order chi connectivity index (χ1) is 19.1. The largest absolute Gasteiger partial charge is 0.459 e. The van der Waals surface area contributed by atoms with Crippen LogP contribution in [0.2, 0.25) is 5.02 Å². The first kappa shape index (κ1) is 27.8. The van der Waals surface area contributed by atoms with Crippen LogP contribution in [-0.4, -0.2) is 40.9 Å². The molecule has 0 unspecified atom stereocenters. The average molecular weight is 581 g/mol. The van der Waals surface area contributed by atoms with Crippen LogP contribution in [0.3, 0.4) is 0 Å². The SMILES string of the molecule is Cc1ccc(S(=O)(=O)NC(=O)c2ccc3nc(C)n(Cc4ccc(C(=O)OC5CCCCC5)cc4Cl)c3n2)cc1. The highest BCUT2D eigenvalue weighted by Crippen LogP contribution is 2.25. The molecule has 1 fully saturated rings. The molecule has 1 N–H and O–H groups in total. The fourth-order valence-electron chi connectivity index (χ4n) is 4.76. The summed E-state index contributed by atoms with van der Waals surface area (Å²) in [6.07, 6.45) is 5.02. The number of aromatic nitrogens is 3. The van der Waals surface area contributed by atoms with Crippen LogP contribution in [0.4, 0.5) is 0 Å². The van der Waals surface area contributed by atoms with E-state index in [4.69, 9.17) is 16.3 Å². The van der Waals surface area contributed by atoms with E-state index >= 15 is 0 Å². The van der Waals surface area contributed by atoms with Crippen LogP contribution in [-0.2, 0) is 21.3 Å². The number of pyridine rings is 1. The Labute approximate surface area is 237 Å². The average Bonchev–Trinajstić information content (AvgIpc) is 3.24. The van der Waals surface area contributed by atoms with Gasteiger partial charge < -0.3 is 9.30 Å². The van der Waals surface area contributed by atoms with E-state index in [0.717, 1.165) is 36.8 Å².